The monoisotopic (exact) mass is 363 g/mol. The molecule has 3 atom stereocenters. The number of ether oxygens (including phenoxy) is 2. The summed E-state index contributed by atoms with van der Waals surface area (Å²) in [5.74, 6) is -3.98. The number of rotatable bonds is 6. The molecule has 0 aliphatic carbocycles. The molecule has 3 unspecified atom stereocenters. The molecule has 2 heterocycles. The van der Waals surface area contributed by atoms with Gasteiger partial charge in [0, 0.05) is 6.20 Å². The molecule has 9 nitrogen and oxygen atoms in total. The molecule has 0 radical (unpaired) electrons. The molecule has 140 valence electrons. The summed E-state index contributed by atoms with van der Waals surface area (Å²) in [4.78, 5) is 26.9. The SMILES string of the molecule is CCCCOC(=O)Nc1ccn(C2OC(CO)C(O)C2(F)F)c(=O)n1. The minimum Gasteiger partial charge on any atom is -0.449 e. The van der Waals surface area contributed by atoms with E-state index in [-0.39, 0.29) is 12.4 Å². The lowest BCUT2D eigenvalue weighted by Crippen LogP contribution is -2.41. The van der Waals surface area contributed by atoms with E-state index in [4.69, 9.17) is 14.6 Å². The second-order valence-electron chi connectivity index (χ2n) is 5.45. The Morgan fingerprint density at radius 3 is 2.84 bits per heavy atom. The van der Waals surface area contributed by atoms with E-state index in [1.54, 1.807) is 0 Å². The Bertz CT molecular complexity index is 668. The number of carbonyl (C=O) groups is 1. The van der Waals surface area contributed by atoms with Crippen LogP contribution in [0.3, 0.4) is 0 Å². The molecule has 25 heavy (non-hydrogen) atoms. The molecule has 2 rings (SSSR count). The van der Waals surface area contributed by atoms with Gasteiger partial charge in [0.05, 0.1) is 13.2 Å². The molecule has 1 aromatic heterocycles. The number of aromatic nitrogens is 2. The number of unbranched alkanes of at least 4 members (excludes halogenated alkanes) is 1. The number of hydrogen-bond acceptors (Lipinski definition) is 7. The predicted molar refractivity (Wildman–Crippen MR) is 80.3 cm³/mol. The van der Waals surface area contributed by atoms with E-state index in [9.17, 15) is 23.5 Å². The highest BCUT2D eigenvalue weighted by Gasteiger charge is 2.59. The largest absolute Gasteiger partial charge is 0.449 e. The zero-order valence-corrected chi connectivity index (χ0v) is 13.4. The molecule has 1 saturated heterocycles. The molecule has 0 spiro atoms. The third-order valence-electron chi connectivity index (χ3n) is 3.60. The van der Waals surface area contributed by atoms with Gasteiger partial charge in [0.1, 0.15) is 11.9 Å². The number of hydrogen-bond donors (Lipinski definition) is 3. The first-order valence-electron chi connectivity index (χ1n) is 7.66. The second-order valence-corrected chi connectivity index (χ2v) is 5.45. The summed E-state index contributed by atoms with van der Waals surface area (Å²) in [5.41, 5.74) is -1.12. The lowest BCUT2D eigenvalue weighted by atomic mass is 10.1. The van der Waals surface area contributed by atoms with E-state index in [0.717, 1.165) is 18.7 Å². The van der Waals surface area contributed by atoms with E-state index in [1.165, 1.54) is 0 Å². The number of anilines is 1. The Labute approximate surface area is 141 Å². The Hall–Kier alpha value is -2.11. The van der Waals surface area contributed by atoms with Gasteiger partial charge < -0.3 is 19.7 Å². The van der Waals surface area contributed by atoms with E-state index in [1.807, 2.05) is 6.92 Å². The number of halogens is 2. The lowest BCUT2D eigenvalue weighted by Gasteiger charge is -2.21. The van der Waals surface area contributed by atoms with Crippen molar-refractivity contribution in [1.82, 2.24) is 9.55 Å². The number of nitrogens with one attached hydrogen (secondary N) is 1. The van der Waals surface area contributed by atoms with E-state index in [2.05, 4.69) is 10.3 Å². The summed E-state index contributed by atoms with van der Waals surface area (Å²) in [6.45, 7) is 1.28. The Morgan fingerprint density at radius 2 is 2.28 bits per heavy atom. The smallest absolute Gasteiger partial charge is 0.412 e. The topological polar surface area (TPSA) is 123 Å². The third kappa shape index (κ3) is 4.11. The van der Waals surface area contributed by atoms with Crippen molar-refractivity contribution in [2.75, 3.05) is 18.5 Å². The molecule has 1 amide bonds. The van der Waals surface area contributed by atoms with Crippen LogP contribution in [-0.4, -0.2) is 57.2 Å². The Morgan fingerprint density at radius 1 is 1.56 bits per heavy atom. The number of nitrogens with zero attached hydrogens (tertiary/aromatic N) is 2. The quantitative estimate of drug-likeness (QED) is 0.628. The maximum atomic E-state index is 14.0. The van der Waals surface area contributed by atoms with Crippen LogP contribution in [0.4, 0.5) is 19.4 Å². The molecular weight excluding hydrogens is 344 g/mol. The van der Waals surface area contributed by atoms with Crippen LogP contribution in [0.5, 0.6) is 0 Å². The average Bonchev–Trinajstić information content (AvgIpc) is 2.78. The van der Waals surface area contributed by atoms with E-state index in [0.29, 0.717) is 11.0 Å². The van der Waals surface area contributed by atoms with Gasteiger partial charge in [-0.3, -0.25) is 9.88 Å². The second kappa shape index (κ2) is 7.85. The molecule has 0 saturated carbocycles. The third-order valence-corrected chi connectivity index (χ3v) is 3.60. The fourth-order valence-electron chi connectivity index (χ4n) is 2.23. The van der Waals surface area contributed by atoms with Crippen LogP contribution >= 0.6 is 0 Å². The zero-order valence-electron chi connectivity index (χ0n) is 13.4. The minimum absolute atomic E-state index is 0.177. The summed E-state index contributed by atoms with van der Waals surface area (Å²) < 4.78 is 38.2. The molecule has 11 heteroatoms. The number of alkyl halides is 2. The minimum atomic E-state index is -3.80. The van der Waals surface area contributed by atoms with Gasteiger partial charge in [0.25, 0.3) is 0 Å². The van der Waals surface area contributed by atoms with Gasteiger partial charge in [-0.1, -0.05) is 13.3 Å². The van der Waals surface area contributed by atoms with Crippen LogP contribution in [-0.2, 0) is 9.47 Å². The van der Waals surface area contributed by atoms with Crippen molar-refractivity contribution in [2.24, 2.45) is 0 Å². The van der Waals surface area contributed by atoms with Gasteiger partial charge in [-0.25, -0.2) is 9.59 Å². The van der Waals surface area contributed by atoms with Crippen molar-refractivity contribution < 1.29 is 33.3 Å². The summed E-state index contributed by atoms with van der Waals surface area (Å²) in [7, 11) is 0. The zero-order chi connectivity index (χ0) is 18.6. The van der Waals surface area contributed by atoms with Crippen LogP contribution in [0.25, 0.3) is 0 Å². The van der Waals surface area contributed by atoms with Crippen molar-refractivity contribution >= 4 is 11.9 Å². The van der Waals surface area contributed by atoms with Gasteiger partial charge in [-0.05, 0) is 12.5 Å². The van der Waals surface area contributed by atoms with Crippen molar-refractivity contribution in [3.8, 4) is 0 Å². The normalized spacial score (nSPS) is 24.9. The van der Waals surface area contributed by atoms with Crippen molar-refractivity contribution in [3.05, 3.63) is 22.7 Å². The molecule has 1 aromatic rings. The van der Waals surface area contributed by atoms with Gasteiger partial charge in [0.15, 0.2) is 6.10 Å². The molecule has 1 aliphatic heterocycles. The fraction of sp³-hybridized carbons (Fsp3) is 0.643. The first-order chi connectivity index (χ1) is 11.8. The van der Waals surface area contributed by atoms with E-state index >= 15 is 0 Å². The van der Waals surface area contributed by atoms with Crippen LogP contribution in [0.2, 0.25) is 0 Å². The average molecular weight is 363 g/mol. The highest BCUT2D eigenvalue weighted by atomic mass is 19.3. The summed E-state index contributed by atoms with van der Waals surface area (Å²) >= 11 is 0. The van der Waals surface area contributed by atoms with Gasteiger partial charge in [-0.2, -0.15) is 13.8 Å². The lowest BCUT2D eigenvalue weighted by molar-refractivity contribution is -0.140. The maximum Gasteiger partial charge on any atom is 0.412 e. The predicted octanol–water partition coefficient (Wildman–Crippen LogP) is 0.478. The van der Waals surface area contributed by atoms with Crippen LogP contribution < -0.4 is 11.0 Å². The number of aliphatic hydroxyl groups excluding tert-OH is 2. The summed E-state index contributed by atoms with van der Waals surface area (Å²) in [5, 5.41) is 20.6. The molecular formula is C14H19F2N3O6. The van der Waals surface area contributed by atoms with Crippen LogP contribution in [0.15, 0.2) is 17.1 Å². The summed E-state index contributed by atoms with van der Waals surface area (Å²) in [6, 6.07) is 1.11. The number of carbonyl (C=O) groups excluding carboxylic acids is 1. The molecule has 0 aromatic carbocycles. The molecule has 1 fully saturated rings. The van der Waals surface area contributed by atoms with Gasteiger partial charge in [-0.15, -0.1) is 0 Å². The highest BCUT2D eigenvalue weighted by molar-refractivity contribution is 5.83. The summed E-state index contributed by atoms with van der Waals surface area (Å²) in [6.07, 6.45) is -4.29. The highest BCUT2D eigenvalue weighted by Crippen LogP contribution is 2.41. The Kier molecular flexibility index (Phi) is 6.03. The van der Waals surface area contributed by atoms with E-state index < -0.39 is 42.7 Å². The van der Waals surface area contributed by atoms with Crippen LogP contribution in [0.1, 0.15) is 26.0 Å². The number of amides is 1. The standard InChI is InChI=1S/C14H19F2N3O6/c1-2-3-6-24-13(23)18-9-4-5-19(12(22)17-9)11-14(15,16)10(21)8(7-20)25-11/h4-5,8,10-11,20-21H,2-3,6-7H2,1H3,(H,17,18,22,23). The first-order valence-corrected chi connectivity index (χ1v) is 7.66. The Balaban J connectivity index is 2.12. The van der Waals surface area contributed by atoms with Gasteiger partial charge in [0.2, 0.25) is 6.23 Å². The van der Waals surface area contributed by atoms with Crippen molar-refractivity contribution in [2.45, 2.75) is 44.1 Å². The maximum absolute atomic E-state index is 14.0. The molecule has 3 N–H and O–H groups in total. The number of aliphatic hydroxyl groups is 2. The van der Waals surface area contributed by atoms with Crippen LogP contribution in [0, 0.1) is 0 Å². The first kappa shape index (κ1) is 19.2. The fourth-order valence-corrected chi connectivity index (χ4v) is 2.23. The van der Waals surface area contributed by atoms with Gasteiger partial charge >= 0.3 is 17.7 Å². The van der Waals surface area contributed by atoms with Crippen molar-refractivity contribution in [1.29, 1.82) is 0 Å². The van der Waals surface area contributed by atoms with Crippen molar-refractivity contribution in [3.63, 3.8) is 0 Å². The molecule has 1 aliphatic rings. The molecule has 0 bridgehead atoms.